The van der Waals surface area contributed by atoms with Gasteiger partial charge in [-0.05, 0) is 24.8 Å². The Morgan fingerprint density at radius 1 is 1.31 bits per heavy atom. The Morgan fingerprint density at radius 2 is 1.92 bits per heavy atom. The zero-order valence-corrected chi connectivity index (χ0v) is 10.7. The molecule has 1 rings (SSSR count). The van der Waals surface area contributed by atoms with Crippen LogP contribution in [0.1, 0.15) is 32.6 Å². The van der Waals surface area contributed by atoms with Crippen molar-refractivity contribution in [2.75, 3.05) is 0 Å². The minimum absolute atomic E-state index is 0.183. The zero-order valence-electron chi connectivity index (χ0n) is 9.69. The highest BCUT2D eigenvalue weighted by Gasteiger charge is 2.37. The van der Waals surface area contributed by atoms with Gasteiger partial charge in [0.15, 0.2) is 0 Å². The lowest BCUT2D eigenvalue weighted by Crippen LogP contribution is -2.52. The fraction of sp³-hybridized carbons (Fsp3) is 1.00. The molecule has 13 heavy (non-hydrogen) atoms. The first-order valence-corrected chi connectivity index (χ1v) is 9.33. The van der Waals surface area contributed by atoms with Gasteiger partial charge in [0.05, 0.1) is 0 Å². The molecule has 0 aromatic heterocycles. The standard InChI is InChI=1S/C11H25NSi/c1-10-7-5-6-8-11(10,12)9-13(2,3)4/h10H,5-9,12H2,1-4H3. The second kappa shape index (κ2) is 3.74. The monoisotopic (exact) mass is 199 g/mol. The third-order valence-electron chi connectivity index (χ3n) is 3.37. The van der Waals surface area contributed by atoms with Gasteiger partial charge in [0.2, 0.25) is 0 Å². The van der Waals surface area contributed by atoms with Crippen molar-refractivity contribution in [2.24, 2.45) is 11.7 Å². The van der Waals surface area contributed by atoms with Crippen molar-refractivity contribution >= 4 is 8.07 Å². The van der Waals surface area contributed by atoms with E-state index in [1.807, 2.05) is 0 Å². The van der Waals surface area contributed by atoms with Gasteiger partial charge in [-0.3, -0.25) is 0 Å². The van der Waals surface area contributed by atoms with Gasteiger partial charge in [-0.1, -0.05) is 39.4 Å². The summed E-state index contributed by atoms with van der Waals surface area (Å²) in [7, 11) is -0.984. The van der Waals surface area contributed by atoms with Crippen LogP contribution in [0.2, 0.25) is 25.7 Å². The highest BCUT2D eigenvalue weighted by molar-refractivity contribution is 6.76. The van der Waals surface area contributed by atoms with Crippen LogP contribution in [0.5, 0.6) is 0 Å². The van der Waals surface area contributed by atoms with Crippen molar-refractivity contribution in [1.82, 2.24) is 0 Å². The van der Waals surface area contributed by atoms with Gasteiger partial charge in [-0.15, -0.1) is 0 Å². The van der Waals surface area contributed by atoms with Crippen LogP contribution in [0.15, 0.2) is 0 Å². The first kappa shape index (κ1) is 11.3. The van der Waals surface area contributed by atoms with Crippen LogP contribution >= 0.6 is 0 Å². The molecule has 2 heteroatoms. The van der Waals surface area contributed by atoms with E-state index >= 15 is 0 Å². The molecular weight excluding hydrogens is 174 g/mol. The number of nitrogens with two attached hydrogens (primary N) is 1. The molecule has 0 aromatic carbocycles. The quantitative estimate of drug-likeness (QED) is 0.679. The van der Waals surface area contributed by atoms with Crippen LogP contribution < -0.4 is 5.73 Å². The summed E-state index contributed by atoms with van der Waals surface area (Å²) in [4.78, 5) is 0. The fourth-order valence-corrected chi connectivity index (χ4v) is 5.19. The molecule has 1 nitrogen and oxygen atoms in total. The molecule has 0 radical (unpaired) electrons. The maximum absolute atomic E-state index is 6.52. The molecule has 0 saturated heterocycles. The van der Waals surface area contributed by atoms with E-state index in [1.54, 1.807) is 0 Å². The molecule has 0 amide bonds. The largest absolute Gasteiger partial charge is 0.325 e. The van der Waals surface area contributed by atoms with E-state index in [2.05, 4.69) is 26.6 Å². The molecule has 78 valence electrons. The minimum Gasteiger partial charge on any atom is -0.325 e. The van der Waals surface area contributed by atoms with Crippen molar-refractivity contribution in [2.45, 2.75) is 63.8 Å². The molecule has 2 atom stereocenters. The van der Waals surface area contributed by atoms with Crippen LogP contribution in [0.4, 0.5) is 0 Å². The summed E-state index contributed by atoms with van der Waals surface area (Å²) in [6.45, 7) is 9.65. The molecule has 0 aromatic rings. The normalized spacial score (nSPS) is 36.2. The Balaban J connectivity index is 2.62. The molecule has 0 spiro atoms. The third kappa shape index (κ3) is 3.10. The van der Waals surface area contributed by atoms with E-state index in [1.165, 1.54) is 31.7 Å². The summed E-state index contributed by atoms with van der Waals surface area (Å²) in [5, 5.41) is 0. The summed E-state index contributed by atoms with van der Waals surface area (Å²) < 4.78 is 0. The Morgan fingerprint density at radius 3 is 2.38 bits per heavy atom. The lowest BCUT2D eigenvalue weighted by molar-refractivity contribution is 0.224. The fourth-order valence-electron chi connectivity index (χ4n) is 2.69. The molecule has 1 aliphatic carbocycles. The second-order valence-electron chi connectivity index (χ2n) is 6.12. The van der Waals surface area contributed by atoms with E-state index in [4.69, 9.17) is 5.73 Å². The number of rotatable bonds is 2. The molecule has 2 unspecified atom stereocenters. The Kier molecular flexibility index (Phi) is 3.23. The molecule has 1 saturated carbocycles. The van der Waals surface area contributed by atoms with Crippen LogP contribution in [0.25, 0.3) is 0 Å². The van der Waals surface area contributed by atoms with Crippen molar-refractivity contribution in [3.63, 3.8) is 0 Å². The molecule has 0 bridgehead atoms. The minimum atomic E-state index is -0.984. The smallest absolute Gasteiger partial charge is 0.0460 e. The van der Waals surface area contributed by atoms with Crippen LogP contribution in [-0.4, -0.2) is 13.6 Å². The van der Waals surface area contributed by atoms with Crippen molar-refractivity contribution in [3.8, 4) is 0 Å². The van der Waals surface area contributed by atoms with E-state index < -0.39 is 8.07 Å². The summed E-state index contributed by atoms with van der Waals surface area (Å²) in [6, 6.07) is 1.31. The predicted octanol–water partition coefficient (Wildman–Crippen LogP) is 3.23. The van der Waals surface area contributed by atoms with E-state index in [9.17, 15) is 0 Å². The summed E-state index contributed by atoms with van der Waals surface area (Å²) in [5.74, 6) is 0.743. The predicted molar refractivity (Wildman–Crippen MR) is 62.7 cm³/mol. The summed E-state index contributed by atoms with van der Waals surface area (Å²) in [6.07, 6.45) is 5.36. The summed E-state index contributed by atoms with van der Waals surface area (Å²) in [5.41, 5.74) is 6.71. The van der Waals surface area contributed by atoms with E-state index in [-0.39, 0.29) is 5.54 Å². The lowest BCUT2D eigenvalue weighted by Gasteiger charge is -2.43. The van der Waals surface area contributed by atoms with Crippen LogP contribution in [0.3, 0.4) is 0 Å². The maximum Gasteiger partial charge on any atom is 0.0460 e. The Bertz CT molecular complexity index is 173. The first-order chi connectivity index (χ1) is 5.83. The Labute approximate surface area is 84.1 Å². The van der Waals surface area contributed by atoms with E-state index in [0.29, 0.717) is 0 Å². The molecule has 2 N–H and O–H groups in total. The maximum atomic E-state index is 6.52. The van der Waals surface area contributed by atoms with Crippen LogP contribution in [0, 0.1) is 5.92 Å². The van der Waals surface area contributed by atoms with Crippen molar-refractivity contribution in [3.05, 3.63) is 0 Å². The number of hydrogen-bond donors (Lipinski definition) is 1. The van der Waals surface area contributed by atoms with Gasteiger partial charge in [0.25, 0.3) is 0 Å². The van der Waals surface area contributed by atoms with Crippen LogP contribution in [-0.2, 0) is 0 Å². The average Bonchev–Trinajstić information content (AvgIpc) is 1.92. The van der Waals surface area contributed by atoms with Crippen molar-refractivity contribution in [1.29, 1.82) is 0 Å². The molecule has 0 aliphatic heterocycles. The first-order valence-electron chi connectivity index (χ1n) is 5.62. The molecular formula is C11H25NSi. The lowest BCUT2D eigenvalue weighted by atomic mass is 9.75. The molecule has 1 fully saturated rings. The van der Waals surface area contributed by atoms with Gasteiger partial charge in [-0.25, -0.2) is 0 Å². The SMILES string of the molecule is CC1CCCCC1(N)C[Si](C)(C)C. The van der Waals surface area contributed by atoms with E-state index in [0.717, 1.165) is 5.92 Å². The van der Waals surface area contributed by atoms with Gasteiger partial charge in [0, 0.05) is 13.6 Å². The van der Waals surface area contributed by atoms with Crippen molar-refractivity contribution < 1.29 is 0 Å². The summed E-state index contributed by atoms with van der Waals surface area (Å²) >= 11 is 0. The third-order valence-corrected chi connectivity index (χ3v) is 5.09. The number of hydrogen-bond acceptors (Lipinski definition) is 1. The molecule has 1 aliphatic rings. The van der Waals surface area contributed by atoms with Gasteiger partial charge in [-0.2, -0.15) is 0 Å². The highest BCUT2D eigenvalue weighted by atomic mass is 28.3. The zero-order chi connectivity index (χ0) is 10.1. The van der Waals surface area contributed by atoms with Gasteiger partial charge < -0.3 is 5.73 Å². The Hall–Kier alpha value is 0.177. The molecule has 0 heterocycles. The highest BCUT2D eigenvalue weighted by Crippen LogP contribution is 2.37. The van der Waals surface area contributed by atoms with Gasteiger partial charge in [0.1, 0.15) is 0 Å². The topological polar surface area (TPSA) is 26.0 Å². The second-order valence-corrected chi connectivity index (χ2v) is 11.6. The average molecular weight is 199 g/mol. The van der Waals surface area contributed by atoms with Gasteiger partial charge >= 0.3 is 0 Å².